The van der Waals surface area contributed by atoms with Crippen molar-refractivity contribution < 1.29 is 24.3 Å². The summed E-state index contributed by atoms with van der Waals surface area (Å²) < 4.78 is 10.0. The molecule has 4 atom stereocenters. The van der Waals surface area contributed by atoms with E-state index in [1.165, 1.54) is 26.4 Å². The third kappa shape index (κ3) is 3.56. The standard InChI is InChI=1S/C19H20N2O6/c1-26-14-9-5-11(6-10-14)15-17(19(23)27-2)20-16(18(15)21(24)25)12-3-7-13(22)8-4-12/h3-10,15-18,20,22H,1-2H3/t15-,16-,17-,18+/m0/s1. The molecule has 8 nitrogen and oxygen atoms in total. The summed E-state index contributed by atoms with van der Waals surface area (Å²) in [6, 6.07) is 10.3. The molecule has 1 aliphatic rings. The second-order valence-electron chi connectivity index (χ2n) is 6.31. The van der Waals surface area contributed by atoms with Gasteiger partial charge in [-0.3, -0.25) is 20.2 Å². The number of hydrogen-bond donors (Lipinski definition) is 2. The van der Waals surface area contributed by atoms with Crippen molar-refractivity contribution in [2.75, 3.05) is 14.2 Å². The number of rotatable bonds is 5. The maximum atomic E-state index is 12.3. The Morgan fingerprint density at radius 1 is 1.07 bits per heavy atom. The van der Waals surface area contributed by atoms with Crippen LogP contribution in [0.15, 0.2) is 48.5 Å². The Balaban J connectivity index is 2.06. The minimum absolute atomic E-state index is 0.0608. The molecule has 0 spiro atoms. The van der Waals surface area contributed by atoms with Gasteiger partial charge in [-0.2, -0.15) is 0 Å². The number of phenols is 1. The molecule has 0 aliphatic carbocycles. The van der Waals surface area contributed by atoms with Crippen LogP contribution in [0.1, 0.15) is 23.1 Å². The molecule has 1 heterocycles. The van der Waals surface area contributed by atoms with E-state index in [-0.39, 0.29) is 10.7 Å². The van der Waals surface area contributed by atoms with Crippen molar-refractivity contribution in [3.63, 3.8) is 0 Å². The average Bonchev–Trinajstić information content (AvgIpc) is 3.09. The van der Waals surface area contributed by atoms with Gasteiger partial charge in [-0.25, -0.2) is 0 Å². The van der Waals surface area contributed by atoms with Crippen LogP contribution in [0.25, 0.3) is 0 Å². The molecule has 2 N–H and O–H groups in total. The predicted octanol–water partition coefficient (Wildman–Crippen LogP) is 2.02. The summed E-state index contributed by atoms with van der Waals surface area (Å²) in [7, 11) is 2.79. The number of esters is 1. The van der Waals surface area contributed by atoms with Gasteiger partial charge in [0, 0.05) is 4.92 Å². The molecule has 1 fully saturated rings. The number of aromatic hydroxyl groups is 1. The van der Waals surface area contributed by atoms with Gasteiger partial charge in [0.2, 0.25) is 6.04 Å². The smallest absolute Gasteiger partial charge is 0.323 e. The van der Waals surface area contributed by atoms with Gasteiger partial charge in [-0.15, -0.1) is 0 Å². The molecule has 0 aromatic heterocycles. The van der Waals surface area contributed by atoms with Crippen molar-refractivity contribution in [3.8, 4) is 11.5 Å². The number of methoxy groups -OCH3 is 2. The van der Waals surface area contributed by atoms with Crippen LogP contribution in [0.5, 0.6) is 11.5 Å². The van der Waals surface area contributed by atoms with Gasteiger partial charge < -0.3 is 14.6 Å². The van der Waals surface area contributed by atoms with Gasteiger partial charge in [0.05, 0.1) is 20.1 Å². The van der Waals surface area contributed by atoms with E-state index in [1.54, 1.807) is 36.4 Å². The quantitative estimate of drug-likeness (QED) is 0.469. The number of carbonyl (C=O) groups is 1. The average molecular weight is 372 g/mol. The molecule has 0 unspecified atom stereocenters. The number of phenolic OH excluding ortho intramolecular Hbond substituents is 1. The van der Waals surface area contributed by atoms with Crippen molar-refractivity contribution in [3.05, 3.63) is 69.8 Å². The van der Waals surface area contributed by atoms with Crippen molar-refractivity contribution in [1.82, 2.24) is 5.32 Å². The zero-order chi connectivity index (χ0) is 19.6. The first-order valence-electron chi connectivity index (χ1n) is 8.36. The SMILES string of the molecule is COC(=O)[C@H]1N[C@@H](c2ccc(O)cc2)[C@H]([N+](=O)[O-])[C@H]1c1ccc(OC)cc1. The molecule has 3 rings (SSSR count). The molecule has 0 radical (unpaired) electrons. The Kier molecular flexibility index (Phi) is 5.27. The van der Waals surface area contributed by atoms with Crippen molar-refractivity contribution in [1.29, 1.82) is 0 Å². The highest BCUT2D eigenvalue weighted by atomic mass is 16.6. The van der Waals surface area contributed by atoms with Gasteiger partial charge in [-0.05, 0) is 35.4 Å². The zero-order valence-corrected chi connectivity index (χ0v) is 14.9. The van der Waals surface area contributed by atoms with E-state index in [1.807, 2.05) is 0 Å². The van der Waals surface area contributed by atoms with E-state index in [9.17, 15) is 20.0 Å². The van der Waals surface area contributed by atoms with Crippen molar-refractivity contribution >= 4 is 5.97 Å². The van der Waals surface area contributed by atoms with Crippen LogP contribution in [0.3, 0.4) is 0 Å². The molecule has 0 bridgehead atoms. The molecule has 0 saturated carbocycles. The van der Waals surface area contributed by atoms with Crippen LogP contribution in [0.2, 0.25) is 0 Å². The Morgan fingerprint density at radius 2 is 1.67 bits per heavy atom. The second kappa shape index (κ2) is 7.63. The fourth-order valence-corrected chi connectivity index (χ4v) is 3.59. The number of hydrogen-bond acceptors (Lipinski definition) is 7. The van der Waals surface area contributed by atoms with E-state index in [2.05, 4.69) is 5.32 Å². The van der Waals surface area contributed by atoms with Gasteiger partial charge in [0.25, 0.3) is 0 Å². The first-order valence-corrected chi connectivity index (χ1v) is 8.36. The predicted molar refractivity (Wildman–Crippen MR) is 96.3 cm³/mol. The summed E-state index contributed by atoms with van der Waals surface area (Å²) >= 11 is 0. The molecular weight excluding hydrogens is 352 g/mol. The number of benzene rings is 2. The number of nitro groups is 1. The van der Waals surface area contributed by atoms with Crippen LogP contribution in [-0.4, -0.2) is 42.3 Å². The van der Waals surface area contributed by atoms with Crippen LogP contribution in [-0.2, 0) is 9.53 Å². The van der Waals surface area contributed by atoms with Crippen LogP contribution in [0, 0.1) is 10.1 Å². The highest BCUT2D eigenvalue weighted by molar-refractivity contribution is 5.78. The topological polar surface area (TPSA) is 111 Å². The van der Waals surface area contributed by atoms with Crippen molar-refractivity contribution in [2.24, 2.45) is 0 Å². The highest BCUT2D eigenvalue weighted by Gasteiger charge is 2.54. The summed E-state index contributed by atoms with van der Waals surface area (Å²) in [5, 5.41) is 24.5. The van der Waals surface area contributed by atoms with Gasteiger partial charge in [0.15, 0.2) is 0 Å². The molecule has 27 heavy (non-hydrogen) atoms. The highest BCUT2D eigenvalue weighted by Crippen LogP contribution is 2.41. The third-order valence-corrected chi connectivity index (χ3v) is 4.88. The number of ether oxygens (including phenoxy) is 2. The van der Waals surface area contributed by atoms with Gasteiger partial charge in [-0.1, -0.05) is 24.3 Å². The van der Waals surface area contributed by atoms with Crippen molar-refractivity contribution in [2.45, 2.75) is 24.0 Å². The fourth-order valence-electron chi connectivity index (χ4n) is 3.59. The summed E-state index contributed by atoms with van der Waals surface area (Å²) in [6.45, 7) is 0. The van der Waals surface area contributed by atoms with Gasteiger partial charge >= 0.3 is 5.97 Å². The maximum Gasteiger partial charge on any atom is 0.323 e. The Hall–Kier alpha value is -3.13. The van der Waals surface area contributed by atoms with Crippen LogP contribution in [0.4, 0.5) is 0 Å². The Labute approximate surface area is 155 Å². The lowest BCUT2D eigenvalue weighted by atomic mass is 9.85. The lowest BCUT2D eigenvalue weighted by Gasteiger charge is -2.19. The third-order valence-electron chi connectivity index (χ3n) is 4.88. The summed E-state index contributed by atoms with van der Waals surface area (Å²) in [6.07, 6.45) is 0. The molecule has 8 heteroatoms. The van der Waals surface area contributed by atoms with E-state index in [4.69, 9.17) is 9.47 Å². The largest absolute Gasteiger partial charge is 0.508 e. The fraction of sp³-hybridized carbons (Fsp3) is 0.316. The monoisotopic (exact) mass is 372 g/mol. The molecule has 2 aromatic rings. The summed E-state index contributed by atoms with van der Waals surface area (Å²) in [5.74, 6) is -0.612. The van der Waals surface area contributed by atoms with Crippen LogP contribution < -0.4 is 10.1 Å². The zero-order valence-electron chi connectivity index (χ0n) is 14.9. The maximum absolute atomic E-state index is 12.3. The van der Waals surface area contributed by atoms with E-state index < -0.39 is 30.0 Å². The minimum atomic E-state index is -1.09. The summed E-state index contributed by atoms with van der Waals surface area (Å²) in [5.41, 5.74) is 1.25. The van der Waals surface area contributed by atoms with Gasteiger partial charge in [0.1, 0.15) is 23.6 Å². The molecule has 0 amide bonds. The Bertz CT molecular complexity index is 821. The van der Waals surface area contributed by atoms with E-state index in [0.717, 1.165) is 0 Å². The number of carbonyl (C=O) groups excluding carboxylic acids is 1. The number of nitrogens with one attached hydrogen (secondary N) is 1. The minimum Gasteiger partial charge on any atom is -0.508 e. The Morgan fingerprint density at radius 3 is 2.19 bits per heavy atom. The van der Waals surface area contributed by atoms with Crippen LogP contribution >= 0.6 is 0 Å². The molecule has 1 saturated heterocycles. The first kappa shape index (κ1) is 18.7. The first-order chi connectivity index (χ1) is 13.0. The van der Waals surface area contributed by atoms with E-state index >= 15 is 0 Å². The lowest BCUT2D eigenvalue weighted by molar-refractivity contribution is -0.527. The normalized spacial score (nSPS) is 24.4. The number of nitrogens with zero attached hydrogens (tertiary/aromatic N) is 1. The summed E-state index contributed by atoms with van der Waals surface area (Å²) in [4.78, 5) is 23.9. The molecule has 142 valence electrons. The molecule has 2 aromatic carbocycles. The second-order valence-corrected chi connectivity index (χ2v) is 6.31. The molecular formula is C19H20N2O6. The lowest BCUT2D eigenvalue weighted by Crippen LogP contribution is -2.37. The van der Waals surface area contributed by atoms with E-state index in [0.29, 0.717) is 16.9 Å². The molecule has 1 aliphatic heterocycles.